The highest BCUT2D eigenvalue weighted by atomic mass is 79.9. The van der Waals surface area contributed by atoms with E-state index >= 15 is 0 Å². The van der Waals surface area contributed by atoms with Crippen LogP contribution in [0.1, 0.15) is 19.3 Å². The van der Waals surface area contributed by atoms with Crippen molar-refractivity contribution in [1.29, 1.82) is 0 Å². The summed E-state index contributed by atoms with van der Waals surface area (Å²) in [6, 6.07) is 0. The fourth-order valence-electron chi connectivity index (χ4n) is 1.51. The van der Waals surface area contributed by atoms with Gasteiger partial charge in [-0.05, 0) is 25.2 Å². The Kier molecular flexibility index (Phi) is 5.04. The standard InChI is InChI=1S/C8H14Br2O/c9-4-3-8-7(6-10)2-1-5-11-8/h7-8H,1-6H2. The van der Waals surface area contributed by atoms with Crippen LogP contribution >= 0.6 is 31.9 Å². The van der Waals surface area contributed by atoms with Crippen molar-refractivity contribution in [3.8, 4) is 0 Å². The monoisotopic (exact) mass is 284 g/mol. The minimum atomic E-state index is 0.488. The largest absolute Gasteiger partial charge is 0.378 e. The zero-order valence-electron chi connectivity index (χ0n) is 6.56. The maximum Gasteiger partial charge on any atom is 0.0619 e. The fourth-order valence-corrected chi connectivity index (χ4v) is 2.70. The van der Waals surface area contributed by atoms with Gasteiger partial charge in [0.15, 0.2) is 0 Å². The molecule has 1 aliphatic rings. The molecule has 0 amide bonds. The van der Waals surface area contributed by atoms with Crippen molar-refractivity contribution in [3.05, 3.63) is 0 Å². The highest BCUT2D eigenvalue weighted by molar-refractivity contribution is 9.09. The third-order valence-corrected chi connectivity index (χ3v) is 3.46. The van der Waals surface area contributed by atoms with Crippen LogP contribution in [0.25, 0.3) is 0 Å². The zero-order valence-corrected chi connectivity index (χ0v) is 9.73. The van der Waals surface area contributed by atoms with Gasteiger partial charge >= 0.3 is 0 Å². The van der Waals surface area contributed by atoms with Crippen molar-refractivity contribution < 1.29 is 4.74 Å². The van der Waals surface area contributed by atoms with Gasteiger partial charge in [-0.1, -0.05) is 31.9 Å². The Morgan fingerprint density at radius 1 is 1.36 bits per heavy atom. The molecule has 2 atom stereocenters. The number of rotatable bonds is 3. The predicted octanol–water partition coefficient (Wildman–Crippen LogP) is 2.96. The van der Waals surface area contributed by atoms with E-state index in [9.17, 15) is 0 Å². The first-order valence-electron chi connectivity index (χ1n) is 4.12. The molecule has 11 heavy (non-hydrogen) atoms. The minimum absolute atomic E-state index is 0.488. The van der Waals surface area contributed by atoms with Crippen LogP contribution in [0.2, 0.25) is 0 Å². The summed E-state index contributed by atoms with van der Waals surface area (Å²) in [5.74, 6) is 0.737. The van der Waals surface area contributed by atoms with Crippen LogP contribution in [-0.2, 0) is 4.74 Å². The Labute approximate surface area is 85.1 Å². The van der Waals surface area contributed by atoms with Gasteiger partial charge in [-0.3, -0.25) is 0 Å². The van der Waals surface area contributed by atoms with Crippen molar-refractivity contribution in [1.82, 2.24) is 0 Å². The summed E-state index contributed by atoms with van der Waals surface area (Å²) in [4.78, 5) is 0. The van der Waals surface area contributed by atoms with Gasteiger partial charge in [0.1, 0.15) is 0 Å². The number of hydrogen-bond acceptors (Lipinski definition) is 1. The Bertz CT molecular complexity index is 106. The van der Waals surface area contributed by atoms with E-state index in [0.29, 0.717) is 6.10 Å². The normalized spacial score (nSPS) is 32.2. The molecule has 0 radical (unpaired) electrons. The van der Waals surface area contributed by atoms with Crippen molar-refractivity contribution in [2.24, 2.45) is 5.92 Å². The van der Waals surface area contributed by atoms with E-state index in [2.05, 4.69) is 31.9 Å². The van der Waals surface area contributed by atoms with Crippen molar-refractivity contribution in [3.63, 3.8) is 0 Å². The Balaban J connectivity index is 2.31. The second-order valence-electron chi connectivity index (χ2n) is 2.94. The molecule has 1 aliphatic heterocycles. The molecule has 66 valence electrons. The minimum Gasteiger partial charge on any atom is -0.378 e. The quantitative estimate of drug-likeness (QED) is 0.725. The van der Waals surface area contributed by atoms with Crippen LogP contribution < -0.4 is 0 Å². The Morgan fingerprint density at radius 2 is 2.18 bits per heavy atom. The van der Waals surface area contributed by atoms with Gasteiger partial charge in [0.25, 0.3) is 0 Å². The van der Waals surface area contributed by atoms with E-state index < -0.39 is 0 Å². The third kappa shape index (κ3) is 3.03. The van der Waals surface area contributed by atoms with Crippen LogP contribution in [0.15, 0.2) is 0 Å². The second kappa shape index (κ2) is 5.55. The number of hydrogen-bond donors (Lipinski definition) is 0. The summed E-state index contributed by atoms with van der Waals surface area (Å²) < 4.78 is 5.66. The molecular weight excluding hydrogens is 272 g/mol. The molecule has 3 heteroatoms. The topological polar surface area (TPSA) is 9.23 Å². The molecular formula is C8H14Br2O. The fraction of sp³-hybridized carbons (Fsp3) is 1.00. The van der Waals surface area contributed by atoms with Crippen LogP contribution in [0.4, 0.5) is 0 Å². The van der Waals surface area contributed by atoms with Gasteiger partial charge in [0.2, 0.25) is 0 Å². The van der Waals surface area contributed by atoms with Crippen LogP contribution in [0.3, 0.4) is 0 Å². The van der Waals surface area contributed by atoms with E-state index in [1.807, 2.05) is 0 Å². The first kappa shape index (κ1) is 10.0. The summed E-state index contributed by atoms with van der Waals surface area (Å²) in [7, 11) is 0. The lowest BCUT2D eigenvalue weighted by molar-refractivity contribution is -0.0189. The lowest BCUT2D eigenvalue weighted by Crippen LogP contribution is -2.30. The summed E-state index contributed by atoms with van der Waals surface area (Å²) in [5.41, 5.74) is 0. The molecule has 0 aromatic carbocycles. The molecule has 1 nitrogen and oxygen atoms in total. The van der Waals surface area contributed by atoms with Crippen molar-refractivity contribution in [2.45, 2.75) is 25.4 Å². The average molecular weight is 286 g/mol. The van der Waals surface area contributed by atoms with E-state index in [0.717, 1.165) is 29.6 Å². The lowest BCUT2D eigenvalue weighted by atomic mass is 9.95. The molecule has 0 aliphatic carbocycles. The van der Waals surface area contributed by atoms with Gasteiger partial charge < -0.3 is 4.74 Å². The zero-order chi connectivity index (χ0) is 8.10. The average Bonchev–Trinajstić information content (AvgIpc) is 2.06. The maximum absolute atomic E-state index is 5.66. The molecule has 0 N–H and O–H groups in total. The first-order valence-corrected chi connectivity index (χ1v) is 6.36. The molecule has 1 fully saturated rings. The Hall–Kier alpha value is 0.920. The van der Waals surface area contributed by atoms with Gasteiger partial charge in [-0.2, -0.15) is 0 Å². The van der Waals surface area contributed by atoms with Gasteiger partial charge in [0.05, 0.1) is 6.10 Å². The summed E-state index contributed by atoms with van der Waals surface area (Å²) in [6.07, 6.45) is 4.19. The van der Waals surface area contributed by atoms with E-state index in [4.69, 9.17) is 4.74 Å². The van der Waals surface area contributed by atoms with Crippen molar-refractivity contribution in [2.75, 3.05) is 17.3 Å². The van der Waals surface area contributed by atoms with Gasteiger partial charge in [-0.15, -0.1) is 0 Å². The molecule has 0 aromatic rings. The van der Waals surface area contributed by atoms with Gasteiger partial charge in [0, 0.05) is 17.3 Å². The summed E-state index contributed by atoms with van der Waals surface area (Å²) in [6.45, 7) is 0.959. The lowest BCUT2D eigenvalue weighted by Gasteiger charge is -2.30. The van der Waals surface area contributed by atoms with Crippen molar-refractivity contribution >= 4 is 31.9 Å². The first-order chi connectivity index (χ1) is 5.38. The van der Waals surface area contributed by atoms with Crippen LogP contribution in [0, 0.1) is 5.92 Å². The van der Waals surface area contributed by atoms with E-state index in [-0.39, 0.29) is 0 Å². The molecule has 1 saturated heterocycles. The second-order valence-corrected chi connectivity index (χ2v) is 4.38. The molecule has 2 unspecified atom stereocenters. The molecule has 1 heterocycles. The smallest absolute Gasteiger partial charge is 0.0619 e. The summed E-state index contributed by atoms with van der Waals surface area (Å²) in [5, 5.41) is 2.14. The predicted molar refractivity (Wildman–Crippen MR) is 54.7 cm³/mol. The maximum atomic E-state index is 5.66. The molecule has 0 spiro atoms. The molecule has 0 saturated carbocycles. The third-order valence-electron chi connectivity index (χ3n) is 2.17. The summed E-state index contributed by atoms with van der Waals surface area (Å²) >= 11 is 6.97. The highest BCUT2D eigenvalue weighted by Crippen LogP contribution is 2.25. The highest BCUT2D eigenvalue weighted by Gasteiger charge is 2.23. The number of alkyl halides is 2. The number of halogens is 2. The molecule has 0 aromatic heterocycles. The SMILES string of the molecule is BrCCC1OCCCC1CBr. The number of ether oxygens (including phenoxy) is 1. The molecule has 0 bridgehead atoms. The van der Waals surface area contributed by atoms with E-state index in [1.165, 1.54) is 12.8 Å². The molecule has 1 rings (SSSR count). The van der Waals surface area contributed by atoms with Crippen LogP contribution in [-0.4, -0.2) is 23.4 Å². The Morgan fingerprint density at radius 3 is 2.82 bits per heavy atom. The van der Waals surface area contributed by atoms with Crippen LogP contribution in [0.5, 0.6) is 0 Å². The van der Waals surface area contributed by atoms with Gasteiger partial charge in [-0.25, -0.2) is 0 Å². The van der Waals surface area contributed by atoms with E-state index in [1.54, 1.807) is 0 Å².